The Morgan fingerprint density at radius 3 is 2.43 bits per heavy atom. The Morgan fingerprint density at radius 2 is 1.72 bits per heavy atom. The Bertz CT molecular complexity index is 4120. The number of alkyl halides is 3. The molecular formula is C68H83F3N14O7S2. The van der Waals surface area contributed by atoms with E-state index in [4.69, 9.17) is 29.2 Å². The minimum atomic E-state index is -4.73. The van der Waals surface area contributed by atoms with Gasteiger partial charge in [-0.05, 0) is 140 Å². The first-order valence-corrected chi connectivity index (χ1v) is 34.5. The van der Waals surface area contributed by atoms with E-state index in [9.17, 15) is 19.5 Å². The SMILES string of the molecule is Cc1cc2c(cnn2C2CCCCO2)c(-c2nccc3c2sc2nc(OCC4(C)CCCN(CCCc5cn([C@H](C(=O)N6C[C@H](O)C[C@H]6C(=O)NCc6ccc(-c7scnc7C)cc6)C(C)(C)C)nn5)C4)nc(N4C[C@H]5CC[C@@H](C4)N5C(=O)OC(C)(C)C)c23)c1C(F)(F)F. The molecule has 500 valence electrons. The number of halogens is 3. The average Bonchev–Trinajstić information content (AvgIpc) is 1.52. The van der Waals surface area contributed by atoms with Crippen molar-refractivity contribution in [3.05, 3.63) is 88.6 Å². The molecule has 5 aliphatic rings. The molecule has 13 rings (SSSR count). The van der Waals surface area contributed by atoms with Gasteiger partial charge in [0.2, 0.25) is 11.8 Å². The van der Waals surface area contributed by atoms with Crippen molar-refractivity contribution in [3.8, 4) is 27.7 Å². The molecule has 7 atom stereocenters. The first-order chi connectivity index (χ1) is 44.8. The van der Waals surface area contributed by atoms with Crippen molar-refractivity contribution >= 4 is 77.6 Å². The Morgan fingerprint density at radius 1 is 0.947 bits per heavy atom. The number of hydrogen-bond acceptors (Lipinski definition) is 18. The minimum absolute atomic E-state index is 0.0277. The summed E-state index contributed by atoms with van der Waals surface area (Å²) in [6.07, 6.45) is 5.93. The molecule has 5 fully saturated rings. The third kappa shape index (κ3) is 13.2. The molecular weight excluding hydrogens is 1250 g/mol. The number of aryl methyl sites for hydroxylation is 3. The second-order valence-corrected chi connectivity index (χ2v) is 30.6. The van der Waals surface area contributed by atoms with E-state index in [0.717, 1.165) is 92.0 Å². The molecule has 0 radical (unpaired) electrons. The maximum Gasteiger partial charge on any atom is 0.417 e. The molecule has 2 bridgehead atoms. The number of hydrogen-bond donors (Lipinski definition) is 2. The Labute approximate surface area is 552 Å². The number of carbonyl (C=O) groups is 3. The summed E-state index contributed by atoms with van der Waals surface area (Å²) in [6, 6.07) is 9.52. The quantitative estimate of drug-likeness (QED) is 0.0917. The number of nitrogens with one attached hydrogen (secondary N) is 1. The van der Waals surface area contributed by atoms with E-state index in [1.807, 2.05) is 95.4 Å². The zero-order chi connectivity index (χ0) is 66.2. The van der Waals surface area contributed by atoms with Gasteiger partial charge in [-0.2, -0.15) is 28.2 Å². The molecule has 5 saturated heterocycles. The summed E-state index contributed by atoms with van der Waals surface area (Å²) < 4.78 is 69.3. The van der Waals surface area contributed by atoms with Crippen LogP contribution in [0.3, 0.4) is 0 Å². The van der Waals surface area contributed by atoms with Crippen molar-refractivity contribution in [1.29, 1.82) is 0 Å². The second kappa shape index (κ2) is 25.6. The number of aromatic nitrogens is 9. The lowest BCUT2D eigenvalue weighted by molar-refractivity contribution is -0.144. The van der Waals surface area contributed by atoms with Crippen LogP contribution < -0.4 is 15.0 Å². The summed E-state index contributed by atoms with van der Waals surface area (Å²) in [4.78, 5) is 71.3. The van der Waals surface area contributed by atoms with Gasteiger partial charge in [0.05, 0.1) is 79.6 Å². The smallest absolute Gasteiger partial charge is 0.417 e. The minimum Gasteiger partial charge on any atom is -0.463 e. The maximum atomic E-state index is 15.6. The van der Waals surface area contributed by atoms with Gasteiger partial charge in [-0.15, -0.1) is 27.8 Å². The molecule has 0 aliphatic carbocycles. The maximum absolute atomic E-state index is 15.6. The number of thiophene rings is 1. The molecule has 26 heteroatoms. The van der Waals surface area contributed by atoms with Gasteiger partial charge in [-0.3, -0.25) is 19.5 Å². The zero-order valence-electron chi connectivity index (χ0n) is 54.8. The van der Waals surface area contributed by atoms with Crippen LogP contribution in [0, 0.1) is 24.7 Å². The van der Waals surface area contributed by atoms with Crippen molar-refractivity contribution < 1.29 is 46.9 Å². The number of likely N-dealkylation sites (tertiary alicyclic amines) is 2. The van der Waals surface area contributed by atoms with Gasteiger partial charge in [-0.1, -0.05) is 57.2 Å². The molecule has 2 aromatic carbocycles. The van der Waals surface area contributed by atoms with Gasteiger partial charge in [0.1, 0.15) is 28.3 Å². The van der Waals surface area contributed by atoms with E-state index in [1.54, 1.807) is 33.0 Å². The highest BCUT2D eigenvalue weighted by atomic mass is 32.1. The number of amides is 3. The molecule has 6 aromatic heterocycles. The molecule has 0 spiro atoms. The molecule has 0 saturated carbocycles. The molecule has 11 heterocycles. The largest absolute Gasteiger partial charge is 0.463 e. The number of carbonyl (C=O) groups excluding carboxylic acids is 3. The molecule has 94 heavy (non-hydrogen) atoms. The number of nitrogens with zero attached hydrogens (tertiary/aromatic N) is 13. The number of piperazine rings is 1. The Kier molecular flexibility index (Phi) is 17.8. The molecule has 2 N–H and O–H groups in total. The second-order valence-electron chi connectivity index (χ2n) is 28.7. The number of fused-ring (bicyclic) bond motifs is 6. The predicted octanol–water partition coefficient (Wildman–Crippen LogP) is 11.9. The number of piperidine rings is 1. The predicted molar refractivity (Wildman–Crippen MR) is 353 cm³/mol. The van der Waals surface area contributed by atoms with Crippen LogP contribution in [-0.2, 0) is 38.2 Å². The molecule has 2 unspecified atom stereocenters. The highest BCUT2D eigenvalue weighted by Gasteiger charge is 2.48. The highest BCUT2D eigenvalue weighted by molar-refractivity contribution is 7.26. The van der Waals surface area contributed by atoms with Crippen molar-refractivity contribution in [2.24, 2.45) is 10.8 Å². The summed E-state index contributed by atoms with van der Waals surface area (Å²) in [5.41, 5.74) is 3.82. The lowest BCUT2D eigenvalue weighted by atomic mass is 9.82. The number of aliphatic hydroxyl groups is 1. The van der Waals surface area contributed by atoms with Crippen LogP contribution in [0.2, 0.25) is 0 Å². The van der Waals surface area contributed by atoms with Gasteiger partial charge in [0.15, 0.2) is 6.23 Å². The number of ether oxygens (including phenoxy) is 3. The van der Waals surface area contributed by atoms with E-state index >= 15 is 13.2 Å². The summed E-state index contributed by atoms with van der Waals surface area (Å²) in [5.74, 6) is -0.0519. The monoisotopic (exact) mass is 1330 g/mol. The van der Waals surface area contributed by atoms with Crippen molar-refractivity contribution in [3.63, 3.8) is 0 Å². The lowest BCUT2D eigenvalue weighted by Gasteiger charge is -2.42. The fourth-order valence-electron chi connectivity index (χ4n) is 14.8. The summed E-state index contributed by atoms with van der Waals surface area (Å²) in [7, 11) is 0. The van der Waals surface area contributed by atoms with E-state index in [2.05, 4.69) is 42.4 Å². The molecule has 3 amide bonds. The van der Waals surface area contributed by atoms with Crippen LogP contribution in [0.5, 0.6) is 6.01 Å². The van der Waals surface area contributed by atoms with Gasteiger partial charge in [0, 0.05) is 79.9 Å². The first-order valence-electron chi connectivity index (χ1n) is 32.8. The van der Waals surface area contributed by atoms with E-state index in [0.29, 0.717) is 76.2 Å². The average molecular weight is 1330 g/mol. The number of thiazole rings is 1. The van der Waals surface area contributed by atoms with Crippen molar-refractivity contribution in [2.75, 3.05) is 57.4 Å². The van der Waals surface area contributed by atoms with Gasteiger partial charge < -0.3 is 39.3 Å². The van der Waals surface area contributed by atoms with Gasteiger partial charge in [0.25, 0.3) is 0 Å². The van der Waals surface area contributed by atoms with Crippen LogP contribution >= 0.6 is 22.7 Å². The van der Waals surface area contributed by atoms with Crippen molar-refractivity contribution in [1.82, 2.24) is 64.7 Å². The number of pyridine rings is 1. The first kappa shape index (κ1) is 65.3. The number of benzene rings is 2. The van der Waals surface area contributed by atoms with Gasteiger partial charge in [-0.25, -0.2) is 19.1 Å². The van der Waals surface area contributed by atoms with Crippen LogP contribution in [-0.4, -0.2) is 165 Å². The number of rotatable bonds is 16. The zero-order valence-corrected chi connectivity index (χ0v) is 56.5. The third-order valence-electron chi connectivity index (χ3n) is 19.1. The third-order valence-corrected chi connectivity index (χ3v) is 21.2. The fraction of sp³-hybridized carbons (Fsp3) is 0.559. The van der Waals surface area contributed by atoms with Gasteiger partial charge >= 0.3 is 18.3 Å². The molecule has 21 nitrogen and oxygen atoms in total. The van der Waals surface area contributed by atoms with E-state index < -0.39 is 47.2 Å². The van der Waals surface area contributed by atoms with Crippen molar-refractivity contribution in [2.45, 2.75) is 181 Å². The molecule has 8 aromatic rings. The molecule has 5 aliphatic heterocycles. The normalized spacial score (nSPS) is 22.6. The van der Waals surface area contributed by atoms with E-state index in [1.165, 1.54) is 29.4 Å². The lowest BCUT2D eigenvalue weighted by Crippen LogP contribution is -2.57. The highest BCUT2D eigenvalue weighted by Crippen LogP contribution is 2.50. The number of aliphatic hydroxyl groups excluding tert-OH is 1. The van der Waals surface area contributed by atoms with Crippen LogP contribution in [0.4, 0.5) is 23.8 Å². The Hall–Kier alpha value is -7.39. The summed E-state index contributed by atoms with van der Waals surface area (Å²) >= 11 is 2.85. The Balaban J connectivity index is 0.716. The fourth-order valence-corrected chi connectivity index (χ4v) is 16.8. The standard InChI is InChI=1S/C68H83F3N14O7S2/c1-39-28-49-48(31-75-85(49)51-15-10-11-27-90-51)52(54(39)68(69,70)71)55-57-47(22-24-72-55)53-59(81-33-44-20-21-45(34-81)84(44)64(89)92-66(6,7)8)76-63(77-61(53)94-57)91-37-67(9)23-13-26-80(36-67)25-12-14-43-32-83(79-78-43)58(65(3,4)5)62(88)82-35-46(86)29-50(82)60(87)73-30-41-16-18-42(19-17-41)56-40(2)74-38-93-56/h16-19,22,24,28,31-32,38,44-46,50-51,58,86H,10-15,20-21,23,25-27,29-30,33-37H2,1-9H3,(H,73,87)/t44-,45+,46-,50+,51?,58-,67?/m1/s1. The summed E-state index contributed by atoms with van der Waals surface area (Å²) in [5, 5.41) is 29.3. The number of β-amino-alcohol motifs (C(OH)–C–C–N with tert-alkyl or cyclic N) is 1. The van der Waals surface area contributed by atoms with Crippen LogP contribution in [0.1, 0.15) is 147 Å². The van der Waals surface area contributed by atoms with Crippen LogP contribution in [0.15, 0.2) is 60.5 Å². The topological polar surface area (TPSA) is 224 Å². The van der Waals surface area contributed by atoms with Crippen LogP contribution in [0.25, 0.3) is 52.9 Å². The summed E-state index contributed by atoms with van der Waals surface area (Å²) in [6.45, 7) is 21.5. The number of anilines is 1. The van der Waals surface area contributed by atoms with E-state index in [-0.39, 0.29) is 77.7 Å².